The van der Waals surface area contributed by atoms with Crippen molar-refractivity contribution in [1.29, 1.82) is 0 Å². The minimum absolute atomic E-state index is 0.592. The van der Waals surface area contributed by atoms with E-state index in [2.05, 4.69) is 43.7 Å². The average Bonchev–Trinajstić information content (AvgIpc) is 2.61. The third-order valence-electron chi connectivity index (χ3n) is 4.77. The third-order valence-corrected chi connectivity index (χ3v) is 4.77. The predicted octanol–water partition coefficient (Wildman–Crippen LogP) is 1.94. The Morgan fingerprint density at radius 1 is 1.12 bits per heavy atom. The molecule has 2 heterocycles. The Hall–Kier alpha value is -1.86. The largest absolute Gasteiger partial charge is 0.393 e. The number of aromatic nitrogens is 2. The van der Waals surface area contributed by atoms with Crippen LogP contribution in [0.1, 0.15) is 32.1 Å². The van der Waals surface area contributed by atoms with Crippen molar-refractivity contribution in [3.05, 3.63) is 18.0 Å². The molecule has 0 bridgehead atoms. The lowest BCUT2D eigenvalue weighted by Crippen LogP contribution is -2.47. The first-order valence-corrected chi connectivity index (χ1v) is 8.95. The Balaban J connectivity index is 1.53. The van der Waals surface area contributed by atoms with Crippen LogP contribution < -0.4 is 16.5 Å². The number of hydrazine groups is 1. The highest BCUT2D eigenvalue weighted by atomic mass is 15.5. The van der Waals surface area contributed by atoms with Crippen molar-refractivity contribution < 1.29 is 0 Å². The van der Waals surface area contributed by atoms with Crippen molar-refractivity contribution in [3.63, 3.8) is 0 Å². The Labute approximate surface area is 144 Å². The third kappa shape index (κ3) is 4.58. The van der Waals surface area contributed by atoms with Crippen LogP contribution in [0.3, 0.4) is 0 Å². The molecule has 1 saturated heterocycles. The van der Waals surface area contributed by atoms with E-state index in [-0.39, 0.29) is 0 Å². The molecule has 0 atom stereocenters. The van der Waals surface area contributed by atoms with E-state index in [1.807, 2.05) is 0 Å². The number of nitrogens with two attached hydrogens (primary N) is 1. The number of likely N-dealkylation sites (N-methyl/N-ethyl adjacent to an activating group) is 1. The van der Waals surface area contributed by atoms with E-state index in [9.17, 15) is 0 Å². The van der Waals surface area contributed by atoms with E-state index in [1.54, 1.807) is 11.9 Å². The predicted molar refractivity (Wildman–Crippen MR) is 98.8 cm³/mol. The molecular formula is C17H29N7. The first kappa shape index (κ1) is 17.0. The van der Waals surface area contributed by atoms with E-state index in [0.717, 1.165) is 45.0 Å². The number of rotatable bonds is 6. The maximum Gasteiger partial charge on any atom is 0.169 e. The van der Waals surface area contributed by atoms with Crippen molar-refractivity contribution in [1.82, 2.24) is 19.9 Å². The zero-order chi connectivity index (χ0) is 16.8. The number of nitrogens with zero attached hydrogens (tertiary/aromatic N) is 4. The van der Waals surface area contributed by atoms with Gasteiger partial charge in [0.1, 0.15) is 12.0 Å². The van der Waals surface area contributed by atoms with Gasteiger partial charge < -0.3 is 21.4 Å². The van der Waals surface area contributed by atoms with E-state index in [4.69, 9.17) is 5.73 Å². The smallest absolute Gasteiger partial charge is 0.169 e. The van der Waals surface area contributed by atoms with E-state index < -0.39 is 0 Å². The summed E-state index contributed by atoms with van der Waals surface area (Å²) in [5.41, 5.74) is 11.7. The summed E-state index contributed by atoms with van der Waals surface area (Å²) >= 11 is 0. The number of anilines is 3. The van der Waals surface area contributed by atoms with Crippen LogP contribution in [-0.2, 0) is 0 Å². The van der Waals surface area contributed by atoms with Crippen LogP contribution in [0, 0.1) is 0 Å². The van der Waals surface area contributed by atoms with Gasteiger partial charge in [0.15, 0.2) is 11.6 Å². The SMILES string of the molecule is CN1CCN(Nc2ncnc(NCCC3=CCCCC3)c2N)CC1. The lowest BCUT2D eigenvalue weighted by atomic mass is 9.97. The van der Waals surface area contributed by atoms with Crippen molar-refractivity contribution in [2.75, 3.05) is 56.2 Å². The first-order chi connectivity index (χ1) is 11.7. The summed E-state index contributed by atoms with van der Waals surface area (Å²) in [6.45, 7) is 4.85. The van der Waals surface area contributed by atoms with Crippen molar-refractivity contribution >= 4 is 17.3 Å². The minimum Gasteiger partial charge on any atom is -0.393 e. The molecule has 0 unspecified atom stereocenters. The minimum atomic E-state index is 0.592. The monoisotopic (exact) mass is 331 g/mol. The van der Waals surface area contributed by atoms with Gasteiger partial charge in [-0.15, -0.1) is 0 Å². The Kier molecular flexibility index (Phi) is 5.87. The van der Waals surface area contributed by atoms with Gasteiger partial charge in [0, 0.05) is 32.7 Å². The molecule has 0 amide bonds. The summed E-state index contributed by atoms with van der Waals surface area (Å²) in [4.78, 5) is 10.9. The molecule has 132 valence electrons. The van der Waals surface area contributed by atoms with E-state index in [0.29, 0.717) is 11.5 Å². The number of allylic oxidation sites excluding steroid dienone is 1. The summed E-state index contributed by atoms with van der Waals surface area (Å²) in [6.07, 6.45) is 10.1. The summed E-state index contributed by atoms with van der Waals surface area (Å²) in [5.74, 6) is 1.41. The number of piperazine rings is 1. The Bertz CT molecular complexity index is 564. The van der Waals surface area contributed by atoms with Gasteiger partial charge in [0.25, 0.3) is 0 Å². The van der Waals surface area contributed by atoms with Gasteiger partial charge in [-0.1, -0.05) is 11.6 Å². The van der Waals surface area contributed by atoms with Crippen LogP contribution in [0.5, 0.6) is 0 Å². The molecule has 1 aromatic rings. The van der Waals surface area contributed by atoms with Crippen molar-refractivity contribution in [2.24, 2.45) is 0 Å². The Morgan fingerprint density at radius 2 is 1.92 bits per heavy atom. The molecule has 1 aliphatic heterocycles. The fourth-order valence-electron chi connectivity index (χ4n) is 3.17. The van der Waals surface area contributed by atoms with Crippen molar-refractivity contribution in [3.8, 4) is 0 Å². The van der Waals surface area contributed by atoms with Crippen LogP contribution in [-0.4, -0.2) is 59.6 Å². The van der Waals surface area contributed by atoms with Crippen molar-refractivity contribution in [2.45, 2.75) is 32.1 Å². The quantitative estimate of drug-likeness (QED) is 0.687. The standard InChI is InChI=1S/C17H29N7/c1-23-9-11-24(12-10-23)22-17-15(18)16(20-13-21-17)19-8-7-14-5-3-2-4-6-14/h5,13H,2-4,6-12,18H2,1H3,(H2,19,20,21,22). The number of hydrogen-bond acceptors (Lipinski definition) is 7. The molecule has 7 nitrogen and oxygen atoms in total. The molecule has 0 radical (unpaired) electrons. The molecule has 0 aromatic carbocycles. The van der Waals surface area contributed by atoms with E-state index >= 15 is 0 Å². The second-order valence-corrected chi connectivity index (χ2v) is 6.67. The van der Waals surface area contributed by atoms with Crippen LogP contribution >= 0.6 is 0 Å². The summed E-state index contributed by atoms with van der Waals surface area (Å²) in [6, 6.07) is 0. The van der Waals surface area contributed by atoms with Crippen LogP contribution in [0.25, 0.3) is 0 Å². The molecule has 24 heavy (non-hydrogen) atoms. The number of hydrogen-bond donors (Lipinski definition) is 3. The molecule has 3 rings (SSSR count). The zero-order valence-corrected chi connectivity index (χ0v) is 14.6. The lowest BCUT2D eigenvalue weighted by Gasteiger charge is -2.33. The Morgan fingerprint density at radius 3 is 2.67 bits per heavy atom. The van der Waals surface area contributed by atoms with Gasteiger partial charge in [-0.25, -0.2) is 15.0 Å². The molecule has 4 N–H and O–H groups in total. The van der Waals surface area contributed by atoms with Crippen LogP contribution in [0.4, 0.5) is 17.3 Å². The van der Waals surface area contributed by atoms with Gasteiger partial charge >= 0.3 is 0 Å². The summed E-state index contributed by atoms with van der Waals surface area (Å²) in [5, 5.41) is 5.52. The molecule has 0 spiro atoms. The fourth-order valence-corrected chi connectivity index (χ4v) is 3.17. The van der Waals surface area contributed by atoms with E-state index in [1.165, 1.54) is 25.7 Å². The van der Waals surface area contributed by atoms with Gasteiger partial charge in [-0.2, -0.15) is 0 Å². The molecular weight excluding hydrogens is 302 g/mol. The fraction of sp³-hybridized carbons (Fsp3) is 0.647. The highest BCUT2D eigenvalue weighted by Crippen LogP contribution is 2.24. The molecule has 1 aliphatic carbocycles. The number of nitrogens with one attached hydrogen (secondary N) is 2. The first-order valence-electron chi connectivity index (χ1n) is 8.95. The molecule has 0 saturated carbocycles. The second-order valence-electron chi connectivity index (χ2n) is 6.67. The molecule has 2 aliphatic rings. The topological polar surface area (TPSA) is 82.3 Å². The molecule has 1 fully saturated rings. The number of nitrogen functional groups attached to an aromatic ring is 1. The zero-order valence-electron chi connectivity index (χ0n) is 14.6. The van der Waals surface area contributed by atoms with Gasteiger partial charge in [0.05, 0.1) is 0 Å². The summed E-state index contributed by atoms with van der Waals surface area (Å²) in [7, 11) is 2.14. The van der Waals surface area contributed by atoms with Gasteiger partial charge in [0.2, 0.25) is 0 Å². The highest BCUT2D eigenvalue weighted by Gasteiger charge is 2.16. The van der Waals surface area contributed by atoms with Gasteiger partial charge in [-0.3, -0.25) is 0 Å². The maximum atomic E-state index is 6.25. The van der Waals surface area contributed by atoms with Crippen LogP contribution in [0.2, 0.25) is 0 Å². The lowest BCUT2D eigenvalue weighted by molar-refractivity contribution is 0.178. The van der Waals surface area contributed by atoms with Crippen LogP contribution in [0.15, 0.2) is 18.0 Å². The maximum absolute atomic E-state index is 6.25. The molecule has 7 heteroatoms. The second kappa shape index (κ2) is 8.30. The summed E-state index contributed by atoms with van der Waals surface area (Å²) < 4.78 is 0. The average molecular weight is 331 g/mol. The highest BCUT2D eigenvalue weighted by molar-refractivity contribution is 5.73. The molecule has 1 aromatic heterocycles. The van der Waals surface area contributed by atoms with Gasteiger partial charge in [-0.05, 0) is 39.2 Å². The normalized spacial score (nSPS) is 19.8.